The molecule has 13 heteroatoms. The van der Waals surface area contributed by atoms with E-state index in [9.17, 15) is 14.4 Å². The van der Waals surface area contributed by atoms with Gasteiger partial charge in [0.2, 0.25) is 5.95 Å². The zero-order chi connectivity index (χ0) is 24.0. The predicted octanol–water partition coefficient (Wildman–Crippen LogP) is 2.68. The van der Waals surface area contributed by atoms with Crippen molar-refractivity contribution in [2.45, 2.75) is 25.3 Å². The number of rotatable bonds is 5. The van der Waals surface area contributed by atoms with Crippen LogP contribution >= 0.6 is 11.6 Å². The van der Waals surface area contributed by atoms with E-state index in [-0.39, 0.29) is 45.0 Å². The Kier molecular flexibility index (Phi) is 5.25. The molecule has 0 spiro atoms. The first-order chi connectivity index (χ1) is 16.4. The summed E-state index contributed by atoms with van der Waals surface area (Å²) in [5.41, 5.74) is 11.3. The molecule has 3 aromatic heterocycles. The number of nitriles is 1. The van der Waals surface area contributed by atoms with Crippen LogP contribution in [0, 0.1) is 23.1 Å². The van der Waals surface area contributed by atoms with Crippen molar-refractivity contribution in [3.8, 4) is 11.9 Å². The summed E-state index contributed by atoms with van der Waals surface area (Å²) in [7, 11) is 0. The Balaban J connectivity index is 1.78. The summed E-state index contributed by atoms with van der Waals surface area (Å²) in [6, 6.07) is 5.19. The molecule has 0 amide bonds. The number of aromatic amines is 1. The van der Waals surface area contributed by atoms with Crippen molar-refractivity contribution in [3.63, 3.8) is 0 Å². The molecule has 1 aliphatic rings. The molecule has 34 heavy (non-hydrogen) atoms. The Hall–Kier alpha value is -4.24. The van der Waals surface area contributed by atoms with E-state index in [2.05, 4.69) is 25.5 Å². The van der Waals surface area contributed by atoms with E-state index in [0.29, 0.717) is 11.6 Å². The molecule has 0 aliphatic heterocycles. The Bertz CT molecular complexity index is 1510. The molecule has 172 valence electrons. The molecule has 6 N–H and O–H groups in total. The highest BCUT2D eigenvalue weighted by atomic mass is 35.5. The quantitative estimate of drug-likeness (QED) is 0.334. The van der Waals surface area contributed by atoms with Crippen LogP contribution < -0.4 is 22.3 Å². The first-order valence-electron chi connectivity index (χ1n) is 10.4. The van der Waals surface area contributed by atoms with Crippen molar-refractivity contribution in [1.82, 2.24) is 29.7 Å². The standard InChI is InChI=1S/C21H18ClFN10O/c22-13-7-10(23)6-11-16(13)29-19(33(20(11)34)14-4-5-27-32-14)15(9-2-1-3-9)28-18-12(8-24)17(25)30-21(26)31-18/h4-7,9,15H,1-3H2,(H,27,32)(H5,25,26,28,30,31). The van der Waals surface area contributed by atoms with Crippen LogP contribution in [0.2, 0.25) is 5.02 Å². The number of halogens is 2. The van der Waals surface area contributed by atoms with Gasteiger partial charge in [-0.15, -0.1) is 0 Å². The number of hydrogen-bond acceptors (Lipinski definition) is 9. The van der Waals surface area contributed by atoms with Gasteiger partial charge in [-0.05, 0) is 30.9 Å². The minimum absolute atomic E-state index is 0.00529. The predicted molar refractivity (Wildman–Crippen MR) is 124 cm³/mol. The molecule has 0 bridgehead atoms. The summed E-state index contributed by atoms with van der Waals surface area (Å²) in [5.74, 6) is -0.0350. The molecule has 1 fully saturated rings. The number of fused-ring (bicyclic) bond motifs is 1. The number of benzene rings is 1. The van der Waals surface area contributed by atoms with E-state index >= 15 is 0 Å². The highest BCUT2D eigenvalue weighted by molar-refractivity contribution is 6.35. The summed E-state index contributed by atoms with van der Waals surface area (Å²) < 4.78 is 15.4. The Morgan fingerprint density at radius 1 is 1.29 bits per heavy atom. The first-order valence-corrected chi connectivity index (χ1v) is 10.8. The van der Waals surface area contributed by atoms with Crippen LogP contribution in [0.3, 0.4) is 0 Å². The number of nitrogens with two attached hydrogens (primary N) is 2. The van der Waals surface area contributed by atoms with Crippen LogP contribution in [0.15, 0.2) is 29.2 Å². The first kappa shape index (κ1) is 21.6. The lowest BCUT2D eigenvalue weighted by atomic mass is 9.79. The summed E-state index contributed by atoms with van der Waals surface area (Å²) in [6.07, 6.45) is 4.14. The molecule has 1 saturated carbocycles. The fourth-order valence-corrected chi connectivity index (χ4v) is 4.32. The van der Waals surface area contributed by atoms with Gasteiger partial charge in [0.05, 0.1) is 28.2 Å². The second kappa shape index (κ2) is 8.27. The molecule has 1 aromatic carbocycles. The van der Waals surface area contributed by atoms with E-state index in [4.69, 9.17) is 28.1 Å². The van der Waals surface area contributed by atoms with Gasteiger partial charge in [-0.1, -0.05) is 18.0 Å². The fourth-order valence-electron chi connectivity index (χ4n) is 4.07. The normalized spacial score (nSPS) is 14.5. The summed E-state index contributed by atoms with van der Waals surface area (Å²) in [6.45, 7) is 0. The SMILES string of the molecule is N#Cc1c(N)nc(N)nc1NC(c1nc2c(Cl)cc(F)cc2c(=O)n1-c1ccn[nH]1)C1CCC1. The average Bonchev–Trinajstić information content (AvgIpc) is 3.26. The minimum atomic E-state index is -0.653. The maximum atomic E-state index is 14.1. The molecule has 0 radical (unpaired) electrons. The molecule has 0 saturated heterocycles. The maximum absolute atomic E-state index is 14.1. The molecule has 5 rings (SSSR count). The van der Waals surface area contributed by atoms with Crippen LogP contribution in [-0.2, 0) is 0 Å². The highest BCUT2D eigenvalue weighted by Gasteiger charge is 2.34. The van der Waals surface area contributed by atoms with Gasteiger partial charge in [-0.3, -0.25) is 9.89 Å². The molecule has 1 atom stereocenters. The van der Waals surface area contributed by atoms with Gasteiger partial charge in [-0.25, -0.2) is 13.9 Å². The second-order valence-corrected chi connectivity index (χ2v) is 8.36. The number of H-pyrrole nitrogens is 1. The number of anilines is 3. The second-order valence-electron chi connectivity index (χ2n) is 7.95. The van der Waals surface area contributed by atoms with Gasteiger partial charge >= 0.3 is 0 Å². The van der Waals surface area contributed by atoms with Crippen LogP contribution in [0.1, 0.15) is 36.7 Å². The monoisotopic (exact) mass is 480 g/mol. The summed E-state index contributed by atoms with van der Waals surface area (Å²) in [5, 5.41) is 19.5. The Morgan fingerprint density at radius 3 is 2.74 bits per heavy atom. The van der Waals surface area contributed by atoms with Crippen LogP contribution in [-0.4, -0.2) is 29.7 Å². The van der Waals surface area contributed by atoms with Gasteiger partial charge in [-0.2, -0.15) is 20.3 Å². The van der Waals surface area contributed by atoms with E-state index in [1.165, 1.54) is 10.8 Å². The van der Waals surface area contributed by atoms with Gasteiger partial charge in [0.15, 0.2) is 5.82 Å². The smallest absolute Gasteiger partial charge is 0.267 e. The number of nitrogens with zero attached hydrogens (tertiary/aromatic N) is 6. The van der Waals surface area contributed by atoms with Gasteiger partial charge < -0.3 is 16.8 Å². The van der Waals surface area contributed by atoms with Crippen molar-refractivity contribution in [2.24, 2.45) is 5.92 Å². The summed E-state index contributed by atoms with van der Waals surface area (Å²) >= 11 is 6.28. The third kappa shape index (κ3) is 3.56. The topological polar surface area (TPSA) is 177 Å². The minimum Gasteiger partial charge on any atom is -0.382 e. The lowest BCUT2D eigenvalue weighted by Gasteiger charge is -2.35. The van der Waals surface area contributed by atoms with Crippen molar-refractivity contribution in [1.29, 1.82) is 5.26 Å². The maximum Gasteiger partial charge on any atom is 0.267 e. The summed E-state index contributed by atoms with van der Waals surface area (Å²) in [4.78, 5) is 26.3. The van der Waals surface area contributed by atoms with E-state index in [1.54, 1.807) is 6.07 Å². The number of nitrogens with one attached hydrogen (secondary N) is 2. The van der Waals surface area contributed by atoms with Gasteiger partial charge in [0.25, 0.3) is 5.56 Å². The molecule has 3 heterocycles. The van der Waals surface area contributed by atoms with Crippen LogP contribution in [0.25, 0.3) is 16.7 Å². The Morgan fingerprint density at radius 2 is 2.09 bits per heavy atom. The van der Waals surface area contributed by atoms with Gasteiger partial charge in [0, 0.05) is 6.07 Å². The highest BCUT2D eigenvalue weighted by Crippen LogP contribution is 2.40. The van der Waals surface area contributed by atoms with Crippen molar-refractivity contribution in [3.05, 3.63) is 57.0 Å². The number of hydrogen-bond donors (Lipinski definition) is 4. The zero-order valence-electron chi connectivity index (χ0n) is 17.6. The van der Waals surface area contributed by atoms with Gasteiger partial charge in [0.1, 0.15) is 34.9 Å². The molecule has 4 aromatic rings. The van der Waals surface area contributed by atoms with E-state index in [1.807, 2.05) is 6.07 Å². The Labute approximate surface area is 196 Å². The third-order valence-corrected chi connectivity index (χ3v) is 6.19. The van der Waals surface area contributed by atoms with Crippen LogP contribution in [0.5, 0.6) is 0 Å². The average molecular weight is 481 g/mol. The zero-order valence-corrected chi connectivity index (χ0v) is 18.3. The lowest BCUT2D eigenvalue weighted by Crippen LogP contribution is -2.34. The fraction of sp³-hybridized carbons (Fsp3) is 0.238. The molecular weight excluding hydrogens is 463 g/mol. The van der Waals surface area contributed by atoms with Crippen molar-refractivity contribution < 1.29 is 4.39 Å². The van der Waals surface area contributed by atoms with Crippen LogP contribution in [0.4, 0.5) is 22.0 Å². The molecule has 1 aliphatic carbocycles. The van der Waals surface area contributed by atoms with Crippen molar-refractivity contribution >= 4 is 40.1 Å². The number of aromatic nitrogens is 6. The largest absolute Gasteiger partial charge is 0.382 e. The van der Waals surface area contributed by atoms with Crippen molar-refractivity contribution in [2.75, 3.05) is 16.8 Å². The molecule has 11 nitrogen and oxygen atoms in total. The lowest BCUT2D eigenvalue weighted by molar-refractivity contribution is 0.268. The molecule has 1 unspecified atom stereocenters. The van der Waals surface area contributed by atoms with E-state index in [0.717, 1.165) is 31.4 Å². The number of nitrogen functional groups attached to an aromatic ring is 2. The molecular formula is C21H18ClFN10O. The van der Waals surface area contributed by atoms with E-state index < -0.39 is 17.4 Å². The third-order valence-electron chi connectivity index (χ3n) is 5.90.